The fraction of sp³-hybridized carbons (Fsp3) is 0.125. The molecule has 1 amide bonds. The molecule has 0 aliphatic carbocycles. The van der Waals surface area contributed by atoms with Gasteiger partial charge in [-0.3, -0.25) is 9.20 Å². The normalized spacial score (nSPS) is 11.0. The first-order valence-corrected chi connectivity index (χ1v) is 8.00. The first-order chi connectivity index (χ1) is 11.6. The zero-order valence-electron chi connectivity index (χ0n) is 12.4. The number of anilines is 1. The van der Waals surface area contributed by atoms with Crippen molar-refractivity contribution >= 4 is 28.9 Å². The van der Waals surface area contributed by atoms with E-state index in [0.29, 0.717) is 5.69 Å². The Morgan fingerprint density at radius 3 is 2.79 bits per heavy atom. The Kier molecular flexibility index (Phi) is 4.95. The molecule has 0 atom stereocenters. The largest absolute Gasteiger partial charge is 0.435 e. The summed E-state index contributed by atoms with van der Waals surface area (Å²) in [6.45, 7) is -2.87. The lowest BCUT2D eigenvalue weighted by Crippen LogP contribution is -2.14. The van der Waals surface area contributed by atoms with Crippen molar-refractivity contribution in [2.45, 2.75) is 11.8 Å². The van der Waals surface area contributed by atoms with Crippen LogP contribution >= 0.6 is 11.8 Å². The van der Waals surface area contributed by atoms with Crippen molar-refractivity contribution in [3.8, 4) is 5.75 Å². The number of carbonyl (C=O) groups is 1. The van der Waals surface area contributed by atoms with Gasteiger partial charge in [-0.1, -0.05) is 17.8 Å². The van der Waals surface area contributed by atoms with Gasteiger partial charge in [-0.25, -0.2) is 4.98 Å². The highest BCUT2D eigenvalue weighted by Crippen LogP contribution is 2.20. The molecule has 2 aromatic heterocycles. The molecular formula is C16H13F2N3O2S. The van der Waals surface area contributed by atoms with E-state index >= 15 is 0 Å². The highest BCUT2D eigenvalue weighted by Gasteiger charge is 2.09. The van der Waals surface area contributed by atoms with E-state index in [-0.39, 0.29) is 17.4 Å². The van der Waals surface area contributed by atoms with E-state index in [1.54, 1.807) is 6.20 Å². The Labute approximate surface area is 140 Å². The smallest absolute Gasteiger partial charge is 0.387 e. The number of nitrogens with zero attached hydrogens (tertiary/aromatic N) is 2. The third kappa shape index (κ3) is 4.02. The van der Waals surface area contributed by atoms with Crippen molar-refractivity contribution in [2.75, 3.05) is 11.1 Å². The number of alkyl halides is 2. The molecule has 0 aliphatic rings. The van der Waals surface area contributed by atoms with Crippen LogP contribution in [0.1, 0.15) is 0 Å². The molecule has 0 bridgehead atoms. The van der Waals surface area contributed by atoms with E-state index < -0.39 is 6.61 Å². The van der Waals surface area contributed by atoms with Crippen LogP contribution < -0.4 is 10.1 Å². The van der Waals surface area contributed by atoms with E-state index in [4.69, 9.17) is 0 Å². The Morgan fingerprint density at radius 2 is 2.04 bits per heavy atom. The lowest BCUT2D eigenvalue weighted by molar-refractivity contribution is -0.113. The summed E-state index contributed by atoms with van der Waals surface area (Å²) in [6, 6.07) is 11.5. The van der Waals surface area contributed by atoms with E-state index in [1.807, 2.05) is 28.8 Å². The number of hydrogen-bond donors (Lipinski definition) is 1. The van der Waals surface area contributed by atoms with Crippen LogP contribution in [0.25, 0.3) is 5.52 Å². The first-order valence-electron chi connectivity index (χ1n) is 7.01. The molecular weight excluding hydrogens is 336 g/mol. The summed E-state index contributed by atoms with van der Waals surface area (Å²) in [5, 5.41) is 3.42. The highest BCUT2D eigenvalue weighted by molar-refractivity contribution is 7.99. The summed E-state index contributed by atoms with van der Waals surface area (Å²) in [7, 11) is 0. The molecule has 8 heteroatoms. The number of nitrogens with one attached hydrogen (secondary N) is 1. The van der Waals surface area contributed by atoms with Crippen molar-refractivity contribution in [3.63, 3.8) is 0 Å². The second kappa shape index (κ2) is 7.31. The quantitative estimate of drug-likeness (QED) is 0.690. The van der Waals surface area contributed by atoms with Crippen LogP contribution in [0.4, 0.5) is 14.5 Å². The van der Waals surface area contributed by atoms with Crippen LogP contribution in [0.15, 0.2) is 60.0 Å². The number of pyridine rings is 1. The van der Waals surface area contributed by atoms with Gasteiger partial charge in [0.15, 0.2) is 5.16 Å². The van der Waals surface area contributed by atoms with Crippen LogP contribution in [-0.2, 0) is 4.79 Å². The number of thioether (sulfide) groups is 1. The molecule has 0 saturated heterocycles. The fourth-order valence-electron chi connectivity index (χ4n) is 2.07. The highest BCUT2D eigenvalue weighted by atomic mass is 32.2. The molecule has 5 nitrogen and oxygen atoms in total. The molecule has 124 valence electrons. The van der Waals surface area contributed by atoms with Crippen molar-refractivity contribution < 1.29 is 18.3 Å². The second-order valence-electron chi connectivity index (χ2n) is 4.78. The van der Waals surface area contributed by atoms with Crippen LogP contribution in [0, 0.1) is 0 Å². The topological polar surface area (TPSA) is 55.6 Å². The zero-order valence-corrected chi connectivity index (χ0v) is 13.2. The molecule has 0 fully saturated rings. The van der Waals surface area contributed by atoms with Gasteiger partial charge in [0.1, 0.15) is 5.75 Å². The van der Waals surface area contributed by atoms with Gasteiger partial charge in [0, 0.05) is 11.9 Å². The summed E-state index contributed by atoms with van der Waals surface area (Å²) in [5.74, 6) is 0.0139. The van der Waals surface area contributed by atoms with Gasteiger partial charge in [0.2, 0.25) is 5.91 Å². The SMILES string of the molecule is O=C(CSc1ncc2ccccn12)Nc1ccc(OC(F)F)cc1. The number of hydrogen-bond acceptors (Lipinski definition) is 4. The van der Waals surface area contributed by atoms with Crippen LogP contribution in [0.2, 0.25) is 0 Å². The van der Waals surface area contributed by atoms with Crippen molar-refractivity contribution in [1.82, 2.24) is 9.38 Å². The molecule has 3 rings (SSSR count). The van der Waals surface area contributed by atoms with Gasteiger partial charge in [0.05, 0.1) is 17.5 Å². The Morgan fingerprint density at radius 1 is 1.25 bits per heavy atom. The first kappa shape index (κ1) is 16.3. The van der Waals surface area contributed by atoms with Crippen molar-refractivity contribution in [2.24, 2.45) is 0 Å². The third-order valence-electron chi connectivity index (χ3n) is 3.10. The minimum absolute atomic E-state index is 0.0428. The summed E-state index contributed by atoms with van der Waals surface area (Å²) in [5.41, 5.74) is 1.46. The van der Waals surface area contributed by atoms with E-state index in [2.05, 4.69) is 15.0 Å². The van der Waals surface area contributed by atoms with Gasteiger partial charge in [-0.2, -0.15) is 8.78 Å². The standard InChI is InChI=1S/C16H13F2N3O2S/c17-15(18)23-13-6-4-11(5-7-13)20-14(22)10-24-16-19-9-12-3-1-2-8-21(12)16/h1-9,15H,10H2,(H,20,22). The molecule has 3 aromatic rings. The third-order valence-corrected chi connectivity index (χ3v) is 4.07. The molecule has 0 radical (unpaired) electrons. The molecule has 0 saturated carbocycles. The van der Waals surface area contributed by atoms with E-state index in [9.17, 15) is 13.6 Å². The number of halogens is 2. The zero-order chi connectivity index (χ0) is 16.9. The van der Waals surface area contributed by atoms with Crippen LogP contribution in [0.3, 0.4) is 0 Å². The molecule has 24 heavy (non-hydrogen) atoms. The average Bonchev–Trinajstić information content (AvgIpc) is 2.98. The summed E-state index contributed by atoms with van der Waals surface area (Å²) in [4.78, 5) is 16.3. The Balaban J connectivity index is 1.56. The van der Waals surface area contributed by atoms with Gasteiger partial charge in [-0.05, 0) is 36.4 Å². The van der Waals surface area contributed by atoms with Crippen molar-refractivity contribution in [1.29, 1.82) is 0 Å². The number of carbonyl (C=O) groups excluding carboxylic acids is 1. The van der Waals surface area contributed by atoms with Crippen molar-refractivity contribution in [3.05, 3.63) is 54.9 Å². The van der Waals surface area contributed by atoms with Crippen LogP contribution in [0.5, 0.6) is 5.75 Å². The second-order valence-corrected chi connectivity index (χ2v) is 5.72. The summed E-state index contributed by atoms with van der Waals surface area (Å²) < 4.78 is 30.3. The van der Waals surface area contributed by atoms with Crippen LogP contribution in [-0.4, -0.2) is 27.7 Å². The van der Waals surface area contributed by atoms with Gasteiger partial charge >= 0.3 is 6.61 Å². The Bertz CT molecular complexity index is 837. The summed E-state index contributed by atoms with van der Waals surface area (Å²) in [6.07, 6.45) is 3.62. The fourth-order valence-corrected chi connectivity index (χ4v) is 2.84. The molecule has 0 unspecified atom stereocenters. The van der Waals surface area contributed by atoms with Gasteiger partial charge < -0.3 is 10.1 Å². The molecule has 2 heterocycles. The lowest BCUT2D eigenvalue weighted by atomic mass is 10.3. The van der Waals surface area contributed by atoms with E-state index in [1.165, 1.54) is 36.0 Å². The van der Waals surface area contributed by atoms with E-state index in [0.717, 1.165) is 10.7 Å². The molecule has 0 spiro atoms. The minimum Gasteiger partial charge on any atom is -0.435 e. The van der Waals surface area contributed by atoms with Gasteiger partial charge in [-0.15, -0.1) is 0 Å². The maximum Gasteiger partial charge on any atom is 0.387 e. The minimum atomic E-state index is -2.87. The maximum absolute atomic E-state index is 12.1. The lowest BCUT2D eigenvalue weighted by Gasteiger charge is -2.07. The predicted molar refractivity (Wildman–Crippen MR) is 87.6 cm³/mol. The predicted octanol–water partition coefficient (Wildman–Crippen LogP) is 3.67. The molecule has 1 N–H and O–H groups in total. The number of fused-ring (bicyclic) bond motifs is 1. The van der Waals surface area contributed by atoms with Gasteiger partial charge in [0.25, 0.3) is 0 Å². The molecule has 0 aliphatic heterocycles. The average molecular weight is 349 g/mol. The summed E-state index contributed by atoms with van der Waals surface area (Å²) >= 11 is 1.31. The monoisotopic (exact) mass is 349 g/mol. The number of imidazole rings is 1. The maximum atomic E-state index is 12.1. The number of ether oxygens (including phenoxy) is 1. The molecule has 1 aromatic carbocycles. The number of amides is 1. The number of aromatic nitrogens is 2. The Hall–Kier alpha value is -2.61. The number of rotatable bonds is 6. The number of benzene rings is 1.